The lowest BCUT2D eigenvalue weighted by atomic mass is 10.1. The van der Waals surface area contributed by atoms with Crippen molar-refractivity contribution in [3.05, 3.63) is 76.9 Å². The van der Waals surface area contributed by atoms with Gasteiger partial charge in [0.05, 0.1) is 5.56 Å². The van der Waals surface area contributed by atoms with Gasteiger partial charge in [0.1, 0.15) is 28.5 Å². The van der Waals surface area contributed by atoms with E-state index in [1.807, 2.05) is 0 Å². The van der Waals surface area contributed by atoms with Crippen LogP contribution in [0, 0.1) is 12.7 Å². The fourth-order valence-electron chi connectivity index (χ4n) is 3.02. The second-order valence-electron chi connectivity index (χ2n) is 7.32. The van der Waals surface area contributed by atoms with Crippen LogP contribution in [0.25, 0.3) is 0 Å². The molecule has 3 rings (SSSR count). The first kappa shape index (κ1) is 26.4. The molecule has 0 spiro atoms. The smallest absolute Gasteiger partial charge is 0.456 e. The molecule has 0 aliphatic heterocycles. The second-order valence-corrected chi connectivity index (χ2v) is 7.32. The summed E-state index contributed by atoms with van der Waals surface area (Å²) in [5.74, 6) is -5.17. The summed E-state index contributed by atoms with van der Waals surface area (Å²) in [5, 5.41) is 2.19. The summed E-state index contributed by atoms with van der Waals surface area (Å²) in [6.07, 6.45) is -8.96. The third-order valence-corrected chi connectivity index (χ3v) is 4.61. The number of nitrogens with one attached hydrogen (secondary N) is 1. The molecular weight excluding hydrogens is 501 g/mol. The Balaban J connectivity index is 2.02. The lowest BCUT2D eigenvalue weighted by Gasteiger charge is -2.17. The second kappa shape index (κ2) is 9.84. The molecule has 190 valence electrons. The molecule has 0 bridgehead atoms. The van der Waals surface area contributed by atoms with Crippen molar-refractivity contribution in [3.8, 4) is 17.2 Å². The maximum Gasteiger partial charge on any atom is 0.573 e. The van der Waals surface area contributed by atoms with Gasteiger partial charge >= 0.3 is 12.5 Å². The number of hydrogen-bond acceptors (Lipinski definition) is 5. The fourth-order valence-corrected chi connectivity index (χ4v) is 3.02. The van der Waals surface area contributed by atoms with Gasteiger partial charge in [-0.05, 0) is 55.0 Å². The number of aryl methyl sites for hydroxylation is 1. The number of nitrogens with zero attached hydrogens (tertiary/aromatic N) is 1. The highest BCUT2D eigenvalue weighted by atomic mass is 19.4. The Morgan fingerprint density at radius 3 is 2.19 bits per heavy atom. The van der Waals surface area contributed by atoms with Crippen LogP contribution >= 0.6 is 0 Å². The number of aromatic nitrogens is 1. The topological polar surface area (TPSA) is 77.5 Å². The van der Waals surface area contributed by atoms with E-state index in [0.29, 0.717) is 12.1 Å². The molecule has 0 aliphatic carbocycles. The Morgan fingerprint density at radius 2 is 1.61 bits per heavy atom. The van der Waals surface area contributed by atoms with Gasteiger partial charge in [0.2, 0.25) is 0 Å². The number of benzene rings is 2. The van der Waals surface area contributed by atoms with Gasteiger partial charge in [0, 0.05) is 18.8 Å². The monoisotopic (exact) mass is 516 g/mol. The van der Waals surface area contributed by atoms with E-state index in [0.717, 1.165) is 30.5 Å². The van der Waals surface area contributed by atoms with Crippen LogP contribution in [0.4, 0.5) is 36.4 Å². The Labute approximate surface area is 198 Å². The first-order chi connectivity index (χ1) is 16.7. The Kier molecular flexibility index (Phi) is 7.22. The van der Waals surface area contributed by atoms with Crippen LogP contribution in [0.2, 0.25) is 0 Å². The van der Waals surface area contributed by atoms with E-state index in [4.69, 9.17) is 4.74 Å². The van der Waals surface area contributed by atoms with Crippen molar-refractivity contribution in [1.29, 1.82) is 0 Å². The molecule has 0 fully saturated rings. The van der Waals surface area contributed by atoms with Crippen molar-refractivity contribution in [2.75, 3.05) is 5.32 Å². The minimum Gasteiger partial charge on any atom is -0.456 e. The van der Waals surface area contributed by atoms with Crippen molar-refractivity contribution in [1.82, 2.24) is 4.98 Å². The number of hydrogen-bond donors (Lipinski definition) is 1. The lowest BCUT2D eigenvalue weighted by Crippen LogP contribution is -2.19. The average Bonchev–Trinajstić information content (AvgIpc) is 2.73. The number of ketones is 1. The van der Waals surface area contributed by atoms with Crippen LogP contribution in [0.15, 0.2) is 48.7 Å². The molecular formula is C23H15F7N2O4. The highest BCUT2D eigenvalue weighted by Gasteiger charge is 2.37. The maximum absolute atomic E-state index is 15.0. The van der Waals surface area contributed by atoms with E-state index in [1.165, 1.54) is 19.9 Å². The molecule has 2 aromatic carbocycles. The zero-order valence-corrected chi connectivity index (χ0v) is 18.3. The highest BCUT2D eigenvalue weighted by Crippen LogP contribution is 2.38. The normalized spacial score (nSPS) is 11.7. The summed E-state index contributed by atoms with van der Waals surface area (Å²) < 4.78 is 101. The van der Waals surface area contributed by atoms with E-state index in [2.05, 4.69) is 15.0 Å². The molecule has 0 saturated carbocycles. The number of Topliss-reactive ketones (excluding diaryl/α,β-unsaturated/α-hetero) is 1. The average molecular weight is 516 g/mol. The molecule has 13 heteroatoms. The largest absolute Gasteiger partial charge is 0.573 e. The van der Waals surface area contributed by atoms with Gasteiger partial charge < -0.3 is 14.8 Å². The lowest BCUT2D eigenvalue weighted by molar-refractivity contribution is -0.274. The first-order valence-electron chi connectivity index (χ1n) is 9.88. The van der Waals surface area contributed by atoms with Gasteiger partial charge in [0.15, 0.2) is 11.6 Å². The number of pyridine rings is 1. The number of carbonyl (C=O) groups excluding carboxylic acids is 2. The van der Waals surface area contributed by atoms with Crippen molar-refractivity contribution < 1.29 is 49.8 Å². The van der Waals surface area contributed by atoms with E-state index >= 15 is 0 Å². The zero-order chi connectivity index (χ0) is 26.8. The van der Waals surface area contributed by atoms with Crippen molar-refractivity contribution >= 4 is 17.4 Å². The third kappa shape index (κ3) is 6.29. The minimum atomic E-state index is -5.15. The number of anilines is 1. The molecule has 0 radical (unpaired) electrons. The van der Waals surface area contributed by atoms with Crippen LogP contribution < -0.4 is 14.8 Å². The third-order valence-electron chi connectivity index (χ3n) is 4.61. The molecule has 6 nitrogen and oxygen atoms in total. The number of alkyl halides is 6. The van der Waals surface area contributed by atoms with Gasteiger partial charge in [-0.3, -0.25) is 14.6 Å². The zero-order valence-electron chi connectivity index (χ0n) is 18.3. The summed E-state index contributed by atoms with van der Waals surface area (Å²) in [4.78, 5) is 28.1. The van der Waals surface area contributed by atoms with Gasteiger partial charge in [-0.2, -0.15) is 13.2 Å². The molecule has 1 N–H and O–H groups in total. The van der Waals surface area contributed by atoms with E-state index < -0.39 is 52.7 Å². The Hall–Kier alpha value is -4.16. The van der Waals surface area contributed by atoms with Crippen molar-refractivity contribution in [3.63, 3.8) is 0 Å². The number of ether oxygens (including phenoxy) is 2. The molecule has 0 aliphatic rings. The van der Waals surface area contributed by atoms with Gasteiger partial charge in [-0.15, -0.1) is 13.2 Å². The number of rotatable bonds is 6. The maximum atomic E-state index is 15.0. The summed E-state index contributed by atoms with van der Waals surface area (Å²) >= 11 is 0. The van der Waals surface area contributed by atoms with E-state index in [1.54, 1.807) is 0 Å². The predicted molar refractivity (Wildman–Crippen MR) is 112 cm³/mol. The molecule has 3 aromatic rings. The number of halogens is 7. The molecule has 36 heavy (non-hydrogen) atoms. The van der Waals surface area contributed by atoms with Crippen LogP contribution in [-0.4, -0.2) is 23.0 Å². The van der Waals surface area contributed by atoms with Gasteiger partial charge in [-0.25, -0.2) is 4.39 Å². The first-order valence-corrected chi connectivity index (χ1v) is 9.88. The summed E-state index contributed by atoms with van der Waals surface area (Å²) in [5.41, 5.74) is -2.95. The molecule has 1 aromatic heterocycles. The van der Waals surface area contributed by atoms with Crippen LogP contribution in [-0.2, 0) is 6.18 Å². The van der Waals surface area contributed by atoms with Crippen molar-refractivity contribution in [2.45, 2.75) is 26.4 Å². The molecule has 0 unspecified atom stereocenters. The summed E-state index contributed by atoms with van der Waals surface area (Å²) in [6.45, 7) is 2.50. The molecule has 0 atom stereocenters. The van der Waals surface area contributed by atoms with Gasteiger partial charge in [-0.1, -0.05) is 0 Å². The predicted octanol–water partition coefficient (Wildman–Crippen LogP) is 6.69. The quantitative estimate of drug-likeness (QED) is 0.292. The van der Waals surface area contributed by atoms with Crippen LogP contribution in [0.1, 0.15) is 38.9 Å². The van der Waals surface area contributed by atoms with E-state index in [-0.39, 0.29) is 22.7 Å². The SMILES string of the molecule is CC(=O)c1cc(NC(=O)c2c(Oc3ccc(OC(F)(F)F)cc3C)ccc(C(F)(F)F)c2F)ccn1. The number of carbonyl (C=O) groups is 2. The van der Waals surface area contributed by atoms with Crippen LogP contribution in [0.3, 0.4) is 0 Å². The van der Waals surface area contributed by atoms with Gasteiger partial charge in [0.25, 0.3) is 5.91 Å². The summed E-state index contributed by atoms with van der Waals surface area (Å²) in [7, 11) is 0. The Morgan fingerprint density at radius 1 is 0.944 bits per heavy atom. The highest BCUT2D eigenvalue weighted by molar-refractivity contribution is 6.07. The fraction of sp³-hybridized carbons (Fsp3) is 0.174. The molecule has 1 heterocycles. The number of amides is 1. The molecule has 1 amide bonds. The van der Waals surface area contributed by atoms with E-state index in [9.17, 15) is 40.3 Å². The van der Waals surface area contributed by atoms with Crippen LogP contribution in [0.5, 0.6) is 17.2 Å². The minimum absolute atomic E-state index is 0.0450. The Bertz CT molecular complexity index is 1320. The summed E-state index contributed by atoms with van der Waals surface area (Å²) in [6, 6.07) is 6.23. The van der Waals surface area contributed by atoms with Crippen molar-refractivity contribution in [2.24, 2.45) is 0 Å². The molecule has 0 saturated heterocycles. The standard InChI is InChI=1S/C23H15F7N2O4/c1-11-9-14(36-23(28,29)30)3-5-17(11)35-18-6-4-15(22(25,26)27)20(24)19(18)21(34)32-13-7-8-31-16(10-13)12(2)33/h3-10H,1-2H3,(H,31,32,34).